The van der Waals surface area contributed by atoms with E-state index in [1.165, 1.54) is 5.56 Å². The Hall–Kier alpha value is -4.26. The molecule has 0 radical (unpaired) electrons. The van der Waals surface area contributed by atoms with Crippen LogP contribution in [0.5, 0.6) is 0 Å². The predicted molar refractivity (Wildman–Crippen MR) is 120 cm³/mol. The fraction of sp³-hybridized carbons (Fsp3) is 0.0833. The summed E-state index contributed by atoms with van der Waals surface area (Å²) in [6.45, 7) is 0.772. The molecule has 2 N–H and O–H groups in total. The van der Waals surface area contributed by atoms with Gasteiger partial charge >= 0.3 is 5.76 Å². The highest BCUT2D eigenvalue weighted by Crippen LogP contribution is 2.29. The van der Waals surface area contributed by atoms with Crippen LogP contribution in [-0.2, 0) is 6.42 Å². The zero-order valence-corrected chi connectivity index (χ0v) is 16.6. The lowest BCUT2D eigenvalue weighted by Gasteiger charge is -2.10. The smallest absolute Gasteiger partial charge is 0.388 e. The molecule has 0 spiro atoms. The van der Waals surface area contributed by atoms with Crippen LogP contribution in [0.15, 0.2) is 88.3 Å². The van der Waals surface area contributed by atoms with Gasteiger partial charge < -0.3 is 9.73 Å². The summed E-state index contributed by atoms with van der Waals surface area (Å²) in [5, 5.41) is 10.6. The van der Waals surface area contributed by atoms with Gasteiger partial charge in [-0.2, -0.15) is 0 Å². The van der Waals surface area contributed by atoms with Crippen LogP contribution in [-0.4, -0.2) is 26.7 Å². The molecule has 152 valence electrons. The summed E-state index contributed by atoms with van der Waals surface area (Å²) in [7, 11) is 0. The number of aromatic amines is 1. The number of anilines is 1. The van der Waals surface area contributed by atoms with Gasteiger partial charge in [0.15, 0.2) is 0 Å². The average molecular weight is 409 g/mol. The lowest BCUT2D eigenvalue weighted by molar-refractivity contribution is 0.527. The Labute approximate surface area is 177 Å². The van der Waals surface area contributed by atoms with Gasteiger partial charge in [-0.25, -0.2) is 19.9 Å². The first-order chi connectivity index (χ1) is 15.3. The van der Waals surface area contributed by atoms with Crippen molar-refractivity contribution >= 4 is 16.7 Å². The lowest BCUT2D eigenvalue weighted by Crippen LogP contribution is -2.07. The maximum absolute atomic E-state index is 11.3. The van der Waals surface area contributed by atoms with Crippen LogP contribution in [0.2, 0.25) is 0 Å². The SMILES string of the molecule is O=c1[nH]nc(-c2cccc(-c3ccc4ncnc(NCCc5ccccc5)c4c3)c2)o1. The Balaban J connectivity index is 1.44. The number of aromatic nitrogens is 4. The highest BCUT2D eigenvalue weighted by atomic mass is 16.4. The molecule has 7 heteroatoms. The van der Waals surface area contributed by atoms with Gasteiger partial charge in [-0.3, -0.25) is 0 Å². The van der Waals surface area contributed by atoms with E-state index in [0.29, 0.717) is 0 Å². The van der Waals surface area contributed by atoms with Gasteiger partial charge in [0.05, 0.1) is 5.52 Å². The van der Waals surface area contributed by atoms with Crippen molar-refractivity contribution in [3.63, 3.8) is 0 Å². The van der Waals surface area contributed by atoms with E-state index in [9.17, 15) is 4.79 Å². The molecule has 0 aliphatic heterocycles. The quantitative estimate of drug-likeness (QED) is 0.434. The molecule has 0 aliphatic rings. The number of nitrogens with one attached hydrogen (secondary N) is 2. The number of H-pyrrole nitrogens is 1. The summed E-state index contributed by atoms with van der Waals surface area (Å²) in [5.74, 6) is 0.492. The lowest BCUT2D eigenvalue weighted by atomic mass is 10.0. The van der Waals surface area contributed by atoms with Gasteiger partial charge in [-0.15, -0.1) is 5.10 Å². The van der Waals surface area contributed by atoms with E-state index in [1.54, 1.807) is 6.33 Å². The van der Waals surface area contributed by atoms with Crippen LogP contribution >= 0.6 is 0 Å². The summed E-state index contributed by atoms with van der Waals surface area (Å²) >= 11 is 0. The molecule has 2 heterocycles. The molecule has 0 saturated heterocycles. The third-order valence-corrected chi connectivity index (χ3v) is 5.07. The summed E-state index contributed by atoms with van der Waals surface area (Å²) in [5.41, 5.74) is 4.85. The fourth-order valence-electron chi connectivity index (χ4n) is 3.53. The Kier molecular flexibility index (Phi) is 4.98. The van der Waals surface area contributed by atoms with Crippen molar-refractivity contribution in [3.05, 3.63) is 95.2 Å². The molecule has 7 nitrogen and oxygen atoms in total. The first kappa shape index (κ1) is 18.7. The van der Waals surface area contributed by atoms with Crippen molar-refractivity contribution in [1.29, 1.82) is 0 Å². The molecule has 31 heavy (non-hydrogen) atoms. The molecule has 0 aliphatic carbocycles. The van der Waals surface area contributed by atoms with Crippen LogP contribution in [0.4, 0.5) is 5.82 Å². The van der Waals surface area contributed by atoms with Crippen molar-refractivity contribution in [1.82, 2.24) is 20.2 Å². The molecule has 0 unspecified atom stereocenters. The molecule has 5 rings (SSSR count). The van der Waals surface area contributed by atoms with Gasteiger partial charge in [-0.1, -0.05) is 48.5 Å². The van der Waals surface area contributed by atoms with Crippen LogP contribution in [0.3, 0.4) is 0 Å². The van der Waals surface area contributed by atoms with E-state index in [4.69, 9.17) is 4.42 Å². The van der Waals surface area contributed by atoms with E-state index in [2.05, 4.69) is 43.7 Å². The second kappa shape index (κ2) is 8.23. The standard InChI is InChI=1S/C24H19N5O2/c30-24-29-28-23(31-24)19-8-4-7-17(13-19)18-9-10-21-20(14-18)22(27-15-26-21)25-12-11-16-5-2-1-3-6-16/h1-10,13-15H,11-12H2,(H,29,30)(H,25,26,27). The summed E-state index contributed by atoms with van der Waals surface area (Å²) in [6, 6.07) is 24.1. The number of benzene rings is 3. The Morgan fingerprint density at radius 3 is 2.55 bits per heavy atom. The largest absolute Gasteiger partial charge is 0.434 e. The highest BCUT2D eigenvalue weighted by molar-refractivity contribution is 5.92. The second-order valence-electron chi connectivity index (χ2n) is 7.12. The summed E-state index contributed by atoms with van der Waals surface area (Å²) in [6.07, 6.45) is 2.48. The van der Waals surface area contributed by atoms with E-state index < -0.39 is 5.76 Å². The minimum Gasteiger partial charge on any atom is -0.388 e. The first-order valence-corrected chi connectivity index (χ1v) is 9.95. The molecule has 0 bridgehead atoms. The van der Waals surface area contributed by atoms with E-state index in [0.717, 1.165) is 46.4 Å². The normalized spacial score (nSPS) is 11.0. The predicted octanol–water partition coefficient (Wildman–Crippen LogP) is 4.29. The molecular formula is C24H19N5O2. The van der Waals surface area contributed by atoms with Gasteiger partial charge in [0.2, 0.25) is 5.89 Å². The minimum atomic E-state index is -0.575. The molecule has 3 aromatic carbocycles. The van der Waals surface area contributed by atoms with Gasteiger partial charge in [0.25, 0.3) is 0 Å². The summed E-state index contributed by atoms with van der Waals surface area (Å²) in [4.78, 5) is 20.1. The fourth-order valence-corrected chi connectivity index (χ4v) is 3.53. The van der Waals surface area contributed by atoms with Crippen molar-refractivity contribution in [2.75, 3.05) is 11.9 Å². The van der Waals surface area contributed by atoms with Crippen molar-refractivity contribution in [2.45, 2.75) is 6.42 Å². The maximum Gasteiger partial charge on any atom is 0.434 e. The van der Waals surface area contributed by atoms with Gasteiger partial charge in [0.1, 0.15) is 12.1 Å². The van der Waals surface area contributed by atoms with Crippen molar-refractivity contribution in [2.24, 2.45) is 0 Å². The summed E-state index contributed by atoms with van der Waals surface area (Å²) < 4.78 is 5.08. The van der Waals surface area contributed by atoms with Gasteiger partial charge in [0, 0.05) is 17.5 Å². The van der Waals surface area contributed by atoms with Gasteiger partial charge in [-0.05, 0) is 47.4 Å². The van der Waals surface area contributed by atoms with Crippen LogP contribution < -0.4 is 11.1 Å². The van der Waals surface area contributed by atoms with Crippen molar-refractivity contribution in [3.8, 4) is 22.6 Å². The molecule has 0 saturated carbocycles. The zero-order valence-electron chi connectivity index (χ0n) is 16.6. The Morgan fingerprint density at radius 2 is 1.71 bits per heavy atom. The number of nitrogens with zero attached hydrogens (tertiary/aromatic N) is 3. The zero-order chi connectivity index (χ0) is 21.0. The third-order valence-electron chi connectivity index (χ3n) is 5.07. The molecule has 0 fully saturated rings. The molecule has 0 atom stereocenters. The number of hydrogen-bond acceptors (Lipinski definition) is 6. The second-order valence-corrected chi connectivity index (χ2v) is 7.12. The molecular weight excluding hydrogens is 390 g/mol. The molecule has 2 aromatic heterocycles. The van der Waals surface area contributed by atoms with Crippen molar-refractivity contribution < 1.29 is 4.42 Å². The topological polar surface area (TPSA) is 96.7 Å². The maximum atomic E-state index is 11.3. The Bertz CT molecular complexity index is 1390. The number of fused-ring (bicyclic) bond motifs is 1. The van der Waals surface area contributed by atoms with E-state index in [-0.39, 0.29) is 5.89 Å². The van der Waals surface area contributed by atoms with Crippen LogP contribution in [0, 0.1) is 0 Å². The van der Waals surface area contributed by atoms with E-state index in [1.807, 2.05) is 54.6 Å². The highest BCUT2D eigenvalue weighted by Gasteiger charge is 2.09. The van der Waals surface area contributed by atoms with E-state index >= 15 is 0 Å². The third kappa shape index (κ3) is 4.06. The van der Waals surface area contributed by atoms with Crippen LogP contribution in [0.1, 0.15) is 5.56 Å². The average Bonchev–Trinajstić information content (AvgIpc) is 3.26. The monoisotopic (exact) mass is 409 g/mol. The first-order valence-electron chi connectivity index (χ1n) is 9.95. The van der Waals surface area contributed by atoms with Crippen LogP contribution in [0.25, 0.3) is 33.5 Å². The number of rotatable bonds is 6. The Morgan fingerprint density at radius 1 is 0.871 bits per heavy atom. The number of hydrogen-bond donors (Lipinski definition) is 2. The molecule has 0 amide bonds. The minimum absolute atomic E-state index is 0.263. The molecule has 5 aromatic rings.